The van der Waals surface area contributed by atoms with Crippen molar-refractivity contribution in [3.05, 3.63) is 29.8 Å². The van der Waals surface area contributed by atoms with Crippen LogP contribution in [0.2, 0.25) is 0 Å². The van der Waals surface area contributed by atoms with E-state index < -0.39 is 34.3 Å². The summed E-state index contributed by atoms with van der Waals surface area (Å²) in [5.74, 6) is -1.54. The van der Waals surface area contributed by atoms with Crippen LogP contribution < -0.4 is 10.1 Å². The van der Waals surface area contributed by atoms with Gasteiger partial charge in [-0.15, -0.1) is 0 Å². The number of nitriles is 3. The quantitative estimate of drug-likeness (QED) is 0.840. The lowest BCUT2D eigenvalue weighted by Crippen LogP contribution is -2.57. The monoisotopic (exact) mass is 364 g/mol. The molecule has 4 atom stereocenters. The van der Waals surface area contributed by atoms with Gasteiger partial charge in [0.05, 0.1) is 25.3 Å². The van der Waals surface area contributed by atoms with Crippen LogP contribution in [0.1, 0.15) is 37.7 Å². The molecule has 2 fully saturated rings. The van der Waals surface area contributed by atoms with Gasteiger partial charge in [0.1, 0.15) is 11.5 Å². The van der Waals surface area contributed by atoms with E-state index in [1.165, 1.54) is 7.11 Å². The Hall–Kier alpha value is -3.08. The number of nitrogens with zero attached hydrogens (tertiary/aromatic N) is 3. The fourth-order valence-electron chi connectivity index (χ4n) is 4.76. The molecule has 0 radical (unpaired) electrons. The van der Waals surface area contributed by atoms with E-state index in [4.69, 9.17) is 4.74 Å². The van der Waals surface area contributed by atoms with E-state index in [-0.39, 0.29) is 6.42 Å². The standard InChI is InChI=1S/C20H20N4O3/c1-3-4-15-16(13-5-7-14(27-2)8-6-13)19(11-22,12-23)18(10-21)9-20(15,26)24-17(18)25/h5-8,15-16,26H,3-4,9H2,1-2H3,(H,24,25). The normalized spacial score (nSPS) is 33.3. The Balaban J connectivity index is 2.31. The van der Waals surface area contributed by atoms with Gasteiger partial charge in [0, 0.05) is 18.3 Å². The second-order valence-corrected chi connectivity index (χ2v) is 7.25. The molecule has 7 heteroatoms. The Morgan fingerprint density at radius 2 is 1.85 bits per heavy atom. The number of benzene rings is 1. The first-order valence-electron chi connectivity index (χ1n) is 8.80. The van der Waals surface area contributed by atoms with Gasteiger partial charge in [-0.05, 0) is 24.1 Å². The van der Waals surface area contributed by atoms with Gasteiger partial charge in [0.2, 0.25) is 5.91 Å². The second kappa shape index (κ2) is 6.27. The molecule has 1 aromatic carbocycles. The van der Waals surface area contributed by atoms with Crippen molar-refractivity contribution in [3.63, 3.8) is 0 Å². The van der Waals surface area contributed by atoms with Crippen molar-refractivity contribution in [2.45, 2.75) is 37.8 Å². The van der Waals surface area contributed by atoms with E-state index in [2.05, 4.69) is 5.32 Å². The van der Waals surface area contributed by atoms with Crippen LogP contribution in [0, 0.1) is 50.7 Å². The van der Waals surface area contributed by atoms with E-state index in [1.807, 2.05) is 25.1 Å². The number of nitrogens with one attached hydrogen (secondary N) is 1. The molecule has 4 unspecified atom stereocenters. The van der Waals surface area contributed by atoms with Gasteiger partial charge in [-0.25, -0.2) is 0 Å². The fourth-order valence-corrected chi connectivity index (χ4v) is 4.76. The molecule has 27 heavy (non-hydrogen) atoms. The molecule has 2 aliphatic rings. The molecule has 2 N–H and O–H groups in total. The van der Waals surface area contributed by atoms with Crippen molar-refractivity contribution in [2.24, 2.45) is 16.7 Å². The Bertz CT molecular complexity index is 878. The van der Waals surface area contributed by atoms with Crippen LogP contribution >= 0.6 is 0 Å². The largest absolute Gasteiger partial charge is 0.497 e. The number of hydrogen-bond acceptors (Lipinski definition) is 6. The van der Waals surface area contributed by atoms with Gasteiger partial charge in [-0.3, -0.25) is 4.79 Å². The maximum absolute atomic E-state index is 12.8. The van der Waals surface area contributed by atoms with Crippen molar-refractivity contribution in [3.8, 4) is 24.0 Å². The molecule has 0 spiro atoms. The summed E-state index contributed by atoms with van der Waals surface area (Å²) in [6.45, 7) is 1.93. The highest BCUT2D eigenvalue weighted by Gasteiger charge is 2.76. The SMILES string of the molecule is CCCC1C(c2ccc(OC)cc2)C(C#N)(C#N)C2(C#N)CC1(O)NC2=O. The van der Waals surface area contributed by atoms with Gasteiger partial charge < -0.3 is 15.2 Å². The molecule has 1 aliphatic carbocycles. The van der Waals surface area contributed by atoms with Gasteiger partial charge >= 0.3 is 0 Å². The molecule has 1 saturated heterocycles. The van der Waals surface area contributed by atoms with E-state index in [0.717, 1.165) is 0 Å². The number of ether oxygens (including phenoxy) is 1. The third-order valence-corrected chi connectivity index (χ3v) is 6.03. The minimum Gasteiger partial charge on any atom is -0.497 e. The summed E-state index contributed by atoms with van der Waals surface area (Å²) in [7, 11) is 1.53. The highest BCUT2D eigenvalue weighted by molar-refractivity contribution is 5.92. The summed E-state index contributed by atoms with van der Waals surface area (Å²) in [6.07, 6.45) is 0.899. The van der Waals surface area contributed by atoms with Crippen LogP contribution in [-0.2, 0) is 4.79 Å². The zero-order valence-electron chi connectivity index (χ0n) is 15.2. The first-order valence-corrected chi connectivity index (χ1v) is 8.80. The van der Waals surface area contributed by atoms with Crippen molar-refractivity contribution >= 4 is 5.91 Å². The number of carbonyl (C=O) groups excluding carboxylic acids is 1. The summed E-state index contributed by atoms with van der Waals surface area (Å²) >= 11 is 0. The van der Waals surface area contributed by atoms with Crippen LogP contribution in [0.4, 0.5) is 0 Å². The van der Waals surface area contributed by atoms with E-state index >= 15 is 0 Å². The second-order valence-electron chi connectivity index (χ2n) is 7.25. The molecule has 1 aliphatic heterocycles. The first kappa shape index (κ1) is 18.7. The summed E-state index contributed by atoms with van der Waals surface area (Å²) < 4.78 is 5.17. The molecule has 2 bridgehead atoms. The van der Waals surface area contributed by atoms with E-state index in [1.54, 1.807) is 24.3 Å². The van der Waals surface area contributed by atoms with Gasteiger partial charge in [0.15, 0.2) is 10.8 Å². The van der Waals surface area contributed by atoms with Crippen LogP contribution in [0.25, 0.3) is 0 Å². The molecular weight excluding hydrogens is 344 g/mol. The van der Waals surface area contributed by atoms with E-state index in [9.17, 15) is 25.7 Å². The molecular formula is C20H20N4O3. The molecule has 138 valence electrons. The molecule has 1 saturated carbocycles. The third kappa shape index (κ3) is 2.24. The molecule has 1 amide bonds. The molecule has 0 aromatic heterocycles. The maximum Gasteiger partial charge on any atom is 0.245 e. The average Bonchev–Trinajstić information content (AvgIpc) is 2.94. The lowest BCUT2D eigenvalue weighted by Gasteiger charge is -2.49. The Morgan fingerprint density at radius 3 is 2.33 bits per heavy atom. The topological polar surface area (TPSA) is 130 Å². The average molecular weight is 364 g/mol. The smallest absolute Gasteiger partial charge is 0.245 e. The zero-order chi connectivity index (χ0) is 19.9. The Morgan fingerprint density at radius 1 is 1.22 bits per heavy atom. The van der Waals surface area contributed by atoms with Gasteiger partial charge in [0.25, 0.3) is 0 Å². The Labute approximate surface area is 157 Å². The minimum atomic E-state index is -1.93. The van der Waals surface area contributed by atoms with Crippen molar-refractivity contribution in [1.82, 2.24) is 5.32 Å². The van der Waals surface area contributed by atoms with Crippen LogP contribution in [0.5, 0.6) is 5.75 Å². The highest BCUT2D eigenvalue weighted by atomic mass is 16.5. The molecule has 1 heterocycles. The highest BCUT2D eigenvalue weighted by Crippen LogP contribution is 2.65. The number of amides is 1. The third-order valence-electron chi connectivity index (χ3n) is 6.03. The number of carbonyl (C=O) groups is 1. The first-order chi connectivity index (χ1) is 12.9. The fraction of sp³-hybridized carbons (Fsp3) is 0.500. The number of rotatable bonds is 4. The molecule has 1 aromatic rings. The van der Waals surface area contributed by atoms with Gasteiger partial charge in [-0.2, -0.15) is 15.8 Å². The molecule has 7 nitrogen and oxygen atoms in total. The maximum atomic E-state index is 12.8. The van der Waals surface area contributed by atoms with E-state index in [0.29, 0.717) is 24.2 Å². The number of hydrogen-bond donors (Lipinski definition) is 2. The predicted molar refractivity (Wildman–Crippen MR) is 93.5 cm³/mol. The van der Waals surface area contributed by atoms with Crippen LogP contribution in [-0.4, -0.2) is 23.8 Å². The van der Waals surface area contributed by atoms with Crippen molar-refractivity contribution in [2.75, 3.05) is 7.11 Å². The predicted octanol–water partition coefficient (Wildman–Crippen LogP) is 1.96. The molecule has 3 rings (SSSR count). The lowest BCUT2D eigenvalue weighted by molar-refractivity contribution is -0.128. The summed E-state index contributed by atoms with van der Waals surface area (Å²) in [5.41, 5.74) is -4.86. The van der Waals surface area contributed by atoms with Crippen LogP contribution in [0.15, 0.2) is 24.3 Å². The number of fused-ring (bicyclic) bond motifs is 2. The lowest BCUT2D eigenvalue weighted by atomic mass is 9.48. The summed E-state index contributed by atoms with van der Waals surface area (Å²) in [4.78, 5) is 12.8. The minimum absolute atomic E-state index is 0.270. The van der Waals surface area contributed by atoms with Crippen molar-refractivity contribution < 1.29 is 14.6 Å². The number of methoxy groups -OCH3 is 1. The summed E-state index contributed by atoms with van der Waals surface area (Å²) in [5, 5.41) is 43.7. The van der Waals surface area contributed by atoms with Crippen molar-refractivity contribution in [1.29, 1.82) is 15.8 Å². The van der Waals surface area contributed by atoms with Gasteiger partial charge in [-0.1, -0.05) is 25.5 Å². The Kier molecular flexibility index (Phi) is 4.34. The zero-order valence-corrected chi connectivity index (χ0v) is 15.2. The van der Waals surface area contributed by atoms with Crippen LogP contribution in [0.3, 0.4) is 0 Å². The summed E-state index contributed by atoms with van der Waals surface area (Å²) in [6, 6.07) is 12.8. The number of aliphatic hydroxyl groups is 1.